The number of carbonyl (C=O) groups excluding carboxylic acids is 12. The van der Waals surface area contributed by atoms with Crippen LogP contribution < -0.4 is 47.9 Å². The molecule has 27 heteroatoms. The van der Waals surface area contributed by atoms with Crippen LogP contribution in [0.1, 0.15) is 129 Å². The van der Waals surface area contributed by atoms with Gasteiger partial charge in [-0.05, 0) is 94.9 Å². The molecule has 0 aliphatic heterocycles. The number of nitrogens with one attached hydrogen (secondary N) is 9. The van der Waals surface area contributed by atoms with Gasteiger partial charge in [-0.2, -0.15) is 0 Å². The van der Waals surface area contributed by atoms with Gasteiger partial charge in [0.25, 0.3) is 0 Å². The van der Waals surface area contributed by atoms with Crippen LogP contribution in [-0.2, 0) is 107 Å². The predicted octanol–water partition coefficient (Wildman–Crippen LogP) is 4.37. The number of esters is 3. The molecule has 0 saturated carbocycles. The van der Waals surface area contributed by atoms with Crippen molar-refractivity contribution in [3.63, 3.8) is 0 Å². The lowest BCUT2D eigenvalue weighted by molar-refractivity contribution is -0.151. The highest BCUT2D eigenvalue weighted by Gasteiger charge is 2.30. The number of rotatable bonds is 44. The van der Waals surface area contributed by atoms with Gasteiger partial charge < -0.3 is 76.3 Å². The van der Waals surface area contributed by atoms with Gasteiger partial charge in [-0.1, -0.05) is 135 Å². The van der Waals surface area contributed by atoms with Crippen molar-refractivity contribution < 1.29 is 86.0 Å². The number of amides is 9. The van der Waals surface area contributed by atoms with Crippen molar-refractivity contribution in [2.24, 2.45) is 5.92 Å². The van der Waals surface area contributed by atoms with Crippen LogP contribution in [-0.4, -0.2) is 159 Å². The molecular weight excluding hydrogens is 1270 g/mol. The third kappa shape index (κ3) is 36.4. The van der Waals surface area contributed by atoms with Crippen molar-refractivity contribution in [1.82, 2.24) is 47.9 Å². The first-order valence-electron chi connectivity index (χ1n) is 32.9. The standard InChI is InChI=1S/C71H97N9O18/c1-48(2)40-57(80-68(90)58(41-51-20-12-8-13-21-51)79-62(84)43-74-70(92)98-71(5,6)7)66(88)73-42-61(83)75-49(3)28-32-59(81)72-36-37-93-38-39-94-47-63(85)77-55(67(89)76-50(4)29-34-64(86)95-44-52-22-14-9-15-23-52)30-33-60(82)78-56(69(91)97-46-54-26-18-11-19-27-54)31-35-65(87)96-45-53-24-16-10-17-25-53/h8-27,48-50,55-58H,28-47H2,1-7H3,(H,72,81)(H,73,88)(H,74,92)(H,75,83)(H,76,89)(H,77,85)(H,78,82)(H,79,84)(H,80,90). The zero-order valence-corrected chi connectivity index (χ0v) is 57.1. The Bertz CT molecular complexity index is 3160. The predicted molar refractivity (Wildman–Crippen MR) is 360 cm³/mol. The maximum atomic E-state index is 13.8. The molecule has 0 saturated heterocycles. The van der Waals surface area contributed by atoms with Gasteiger partial charge in [0.1, 0.15) is 62.7 Å². The minimum atomic E-state index is -1.29. The quantitative estimate of drug-likeness (QED) is 0.0169. The minimum Gasteiger partial charge on any atom is -0.461 e. The zero-order valence-electron chi connectivity index (χ0n) is 57.1. The van der Waals surface area contributed by atoms with Crippen molar-refractivity contribution >= 4 is 71.3 Å². The van der Waals surface area contributed by atoms with Crippen LogP contribution in [0.25, 0.3) is 0 Å². The third-order valence-corrected chi connectivity index (χ3v) is 14.3. The topological polar surface area (TPSA) is 368 Å². The fraction of sp³-hybridized carbons (Fsp3) is 0.493. The molecule has 0 heterocycles. The highest BCUT2D eigenvalue weighted by molar-refractivity contribution is 5.94. The number of benzene rings is 4. The zero-order chi connectivity index (χ0) is 71.7. The Morgan fingerprint density at radius 1 is 0.398 bits per heavy atom. The summed E-state index contributed by atoms with van der Waals surface area (Å²) in [6.07, 6.45) is -1.09. The average Bonchev–Trinajstić information content (AvgIpc) is 1.04. The van der Waals surface area contributed by atoms with E-state index in [0.717, 1.165) is 16.7 Å². The smallest absolute Gasteiger partial charge is 0.408 e. The molecule has 98 heavy (non-hydrogen) atoms. The summed E-state index contributed by atoms with van der Waals surface area (Å²) in [7, 11) is 0. The molecule has 0 spiro atoms. The lowest BCUT2D eigenvalue weighted by atomic mass is 10.0. The summed E-state index contributed by atoms with van der Waals surface area (Å²) in [5.74, 6) is -6.83. The van der Waals surface area contributed by atoms with E-state index < -0.39 is 127 Å². The maximum absolute atomic E-state index is 13.8. The number of hydrogen-bond donors (Lipinski definition) is 9. The Hall–Kier alpha value is -9.76. The van der Waals surface area contributed by atoms with E-state index >= 15 is 0 Å². The number of ether oxygens (including phenoxy) is 6. The molecule has 0 fully saturated rings. The van der Waals surface area contributed by atoms with E-state index in [-0.39, 0.29) is 122 Å². The van der Waals surface area contributed by atoms with E-state index in [2.05, 4.69) is 47.9 Å². The van der Waals surface area contributed by atoms with E-state index in [0.29, 0.717) is 5.56 Å². The second kappa shape index (κ2) is 44.9. The molecule has 0 bridgehead atoms. The van der Waals surface area contributed by atoms with Crippen molar-refractivity contribution in [1.29, 1.82) is 0 Å². The molecule has 0 radical (unpaired) electrons. The van der Waals surface area contributed by atoms with Gasteiger partial charge in [0.05, 0.1) is 26.4 Å². The van der Waals surface area contributed by atoms with Gasteiger partial charge in [-0.3, -0.25) is 47.9 Å². The Morgan fingerprint density at radius 3 is 1.43 bits per heavy atom. The van der Waals surface area contributed by atoms with Crippen molar-refractivity contribution in [3.8, 4) is 0 Å². The first kappa shape index (κ1) is 80.7. The second-order valence-corrected chi connectivity index (χ2v) is 24.7. The molecule has 6 atom stereocenters. The van der Waals surface area contributed by atoms with Crippen LogP contribution in [0, 0.1) is 5.92 Å². The van der Waals surface area contributed by atoms with Crippen LogP contribution in [0.15, 0.2) is 121 Å². The highest BCUT2D eigenvalue weighted by Crippen LogP contribution is 2.13. The molecule has 27 nitrogen and oxygen atoms in total. The normalized spacial score (nSPS) is 12.9. The SMILES string of the molecule is CC(C)CC(NC(=O)C(Cc1ccccc1)NC(=O)CNC(=O)OC(C)(C)C)C(=O)NCC(=O)NC(C)CCC(=O)NCCOCCOCC(=O)NC(CCC(=O)NC(CCC(=O)OCc1ccccc1)C(=O)OCc1ccccc1)C(=O)NC(C)CCC(=O)OCc1ccccc1. The van der Waals surface area contributed by atoms with E-state index in [9.17, 15) is 57.5 Å². The van der Waals surface area contributed by atoms with Crippen molar-refractivity contribution in [3.05, 3.63) is 144 Å². The average molecular weight is 1360 g/mol. The van der Waals surface area contributed by atoms with E-state index in [1.165, 1.54) is 0 Å². The van der Waals surface area contributed by atoms with Crippen LogP contribution in [0.5, 0.6) is 0 Å². The van der Waals surface area contributed by atoms with E-state index in [1.807, 2.05) is 50.2 Å². The maximum Gasteiger partial charge on any atom is 0.408 e. The molecule has 534 valence electrons. The molecule has 0 aliphatic carbocycles. The fourth-order valence-corrected chi connectivity index (χ4v) is 9.28. The first-order valence-corrected chi connectivity index (χ1v) is 32.9. The summed E-state index contributed by atoms with van der Waals surface area (Å²) in [6.45, 7) is 10.8. The Morgan fingerprint density at radius 2 is 0.857 bits per heavy atom. The monoisotopic (exact) mass is 1360 g/mol. The summed E-state index contributed by atoms with van der Waals surface area (Å²) < 4.78 is 32.5. The summed E-state index contributed by atoms with van der Waals surface area (Å²) >= 11 is 0. The largest absolute Gasteiger partial charge is 0.461 e. The molecular formula is C71H97N9O18. The van der Waals surface area contributed by atoms with Gasteiger partial charge >= 0.3 is 24.0 Å². The van der Waals surface area contributed by atoms with Crippen LogP contribution in [0.4, 0.5) is 4.79 Å². The molecule has 0 aliphatic rings. The molecule has 4 aromatic carbocycles. The first-order chi connectivity index (χ1) is 46.8. The van der Waals surface area contributed by atoms with Crippen LogP contribution in [0.3, 0.4) is 0 Å². The molecule has 9 amide bonds. The highest BCUT2D eigenvalue weighted by atomic mass is 16.6. The van der Waals surface area contributed by atoms with Crippen LogP contribution in [0.2, 0.25) is 0 Å². The summed E-state index contributed by atoms with van der Waals surface area (Å²) in [6, 6.07) is 30.1. The lowest BCUT2D eigenvalue weighted by Gasteiger charge is -2.25. The number of alkyl carbamates (subject to hydrolysis) is 1. The molecule has 0 aromatic heterocycles. The van der Waals surface area contributed by atoms with Gasteiger partial charge in [0.15, 0.2) is 0 Å². The van der Waals surface area contributed by atoms with Crippen LogP contribution >= 0.6 is 0 Å². The fourth-order valence-electron chi connectivity index (χ4n) is 9.28. The molecule has 4 rings (SSSR count). The van der Waals surface area contributed by atoms with E-state index in [1.54, 1.807) is 120 Å². The molecule has 9 N–H and O–H groups in total. The van der Waals surface area contributed by atoms with Gasteiger partial charge in [-0.15, -0.1) is 0 Å². The lowest BCUT2D eigenvalue weighted by Crippen LogP contribution is -2.56. The summed E-state index contributed by atoms with van der Waals surface area (Å²) in [5.41, 5.74) is 2.18. The van der Waals surface area contributed by atoms with Crippen molar-refractivity contribution in [2.75, 3.05) is 46.1 Å². The Kier molecular flexibility index (Phi) is 36.9. The van der Waals surface area contributed by atoms with Crippen molar-refractivity contribution in [2.45, 2.75) is 174 Å². The second-order valence-electron chi connectivity index (χ2n) is 24.7. The molecule has 6 unspecified atom stereocenters. The van der Waals surface area contributed by atoms with Gasteiger partial charge in [0.2, 0.25) is 47.3 Å². The van der Waals surface area contributed by atoms with E-state index in [4.69, 9.17) is 28.4 Å². The van der Waals surface area contributed by atoms with Gasteiger partial charge in [-0.25, -0.2) is 9.59 Å². The third-order valence-electron chi connectivity index (χ3n) is 14.3. The van der Waals surface area contributed by atoms with Gasteiger partial charge in [0, 0.05) is 50.7 Å². The number of hydrogen-bond acceptors (Lipinski definition) is 18. The molecule has 4 aromatic rings. The summed E-state index contributed by atoms with van der Waals surface area (Å²) in [4.78, 5) is 157. The number of carbonyl (C=O) groups is 12. The Labute approximate surface area is 572 Å². The Balaban J connectivity index is 1.20. The minimum absolute atomic E-state index is 0.00704. The summed E-state index contributed by atoms with van der Waals surface area (Å²) in [5, 5.41) is 23.8.